The summed E-state index contributed by atoms with van der Waals surface area (Å²) < 4.78 is 37.2. The van der Waals surface area contributed by atoms with Crippen LogP contribution in [0.25, 0.3) is 0 Å². The summed E-state index contributed by atoms with van der Waals surface area (Å²) in [6, 6.07) is 3.00. The number of carbonyl (C=O) groups excluding carboxylic acids is 1. The molecule has 0 bridgehead atoms. The lowest BCUT2D eigenvalue weighted by Gasteiger charge is -2.15. The number of hydrogen-bond donors (Lipinski definition) is 2. The summed E-state index contributed by atoms with van der Waals surface area (Å²) in [5.74, 6) is -2.06. The fourth-order valence-corrected chi connectivity index (χ4v) is 3.09. The molecule has 1 aromatic carbocycles. The first-order valence-electron chi connectivity index (χ1n) is 6.37. The van der Waals surface area contributed by atoms with Crippen molar-refractivity contribution >= 4 is 21.4 Å². The van der Waals surface area contributed by atoms with Crippen LogP contribution >= 0.6 is 0 Å². The highest BCUT2D eigenvalue weighted by molar-refractivity contribution is 7.92. The predicted molar refractivity (Wildman–Crippen MR) is 75.4 cm³/mol. The second kappa shape index (κ2) is 6.69. The molecule has 1 rings (SSSR count). The highest BCUT2D eigenvalue weighted by Crippen LogP contribution is 2.20. The Morgan fingerprint density at radius 1 is 1.35 bits per heavy atom. The molecule has 0 aliphatic heterocycles. The molecule has 0 atom stereocenters. The van der Waals surface area contributed by atoms with Crippen LogP contribution < -0.4 is 11.1 Å². The standard InChI is InChI=1S/C13H19FN2O3S/c1-3-10(4-2)16-13(17)8-20(18,19)12-7-9(14)5-6-11(12)15/h5-7,10H,3-4,8,15H2,1-2H3,(H,16,17). The van der Waals surface area contributed by atoms with E-state index >= 15 is 0 Å². The van der Waals surface area contributed by atoms with E-state index in [-0.39, 0.29) is 16.6 Å². The molecule has 0 fully saturated rings. The van der Waals surface area contributed by atoms with Crippen LogP contribution in [0.5, 0.6) is 0 Å². The Labute approximate surface area is 118 Å². The summed E-state index contributed by atoms with van der Waals surface area (Å²) in [7, 11) is -3.95. The van der Waals surface area contributed by atoms with Crippen molar-refractivity contribution in [3.63, 3.8) is 0 Å². The van der Waals surface area contributed by atoms with Gasteiger partial charge in [0.1, 0.15) is 11.6 Å². The van der Waals surface area contributed by atoms with E-state index < -0.39 is 27.3 Å². The van der Waals surface area contributed by atoms with Crippen LogP contribution in [0, 0.1) is 5.82 Å². The molecule has 1 amide bonds. The average Bonchev–Trinajstić information content (AvgIpc) is 2.38. The normalized spacial score (nSPS) is 11.6. The van der Waals surface area contributed by atoms with Crippen molar-refractivity contribution in [2.24, 2.45) is 0 Å². The lowest BCUT2D eigenvalue weighted by Crippen LogP contribution is -2.37. The molecule has 20 heavy (non-hydrogen) atoms. The largest absolute Gasteiger partial charge is 0.398 e. The van der Waals surface area contributed by atoms with Crippen LogP contribution in [0.4, 0.5) is 10.1 Å². The molecule has 112 valence electrons. The summed E-state index contributed by atoms with van der Waals surface area (Å²) in [6.07, 6.45) is 1.43. The van der Waals surface area contributed by atoms with Gasteiger partial charge in [-0.05, 0) is 31.0 Å². The van der Waals surface area contributed by atoms with Gasteiger partial charge >= 0.3 is 0 Å². The minimum atomic E-state index is -3.95. The predicted octanol–water partition coefficient (Wildman–Crippen LogP) is 1.49. The van der Waals surface area contributed by atoms with Gasteiger partial charge in [-0.15, -0.1) is 0 Å². The number of carbonyl (C=O) groups is 1. The van der Waals surface area contributed by atoms with Gasteiger partial charge in [0.25, 0.3) is 0 Å². The van der Waals surface area contributed by atoms with Crippen LogP contribution in [0.15, 0.2) is 23.1 Å². The number of nitrogens with one attached hydrogen (secondary N) is 1. The topological polar surface area (TPSA) is 89.3 Å². The van der Waals surface area contributed by atoms with E-state index in [2.05, 4.69) is 5.32 Å². The van der Waals surface area contributed by atoms with Crippen molar-refractivity contribution in [2.45, 2.75) is 37.6 Å². The fourth-order valence-electron chi connectivity index (χ4n) is 1.79. The third-order valence-electron chi connectivity index (χ3n) is 2.98. The Kier molecular flexibility index (Phi) is 5.50. The third-order valence-corrected chi connectivity index (χ3v) is 4.65. The van der Waals surface area contributed by atoms with Crippen LogP contribution in [-0.2, 0) is 14.6 Å². The van der Waals surface area contributed by atoms with Crippen LogP contribution in [-0.4, -0.2) is 26.1 Å². The number of rotatable bonds is 6. The number of nitrogens with two attached hydrogens (primary N) is 1. The molecule has 0 aromatic heterocycles. The molecule has 0 radical (unpaired) electrons. The van der Waals surface area contributed by atoms with Crippen molar-refractivity contribution in [1.82, 2.24) is 5.32 Å². The Bertz CT molecular complexity index is 583. The zero-order chi connectivity index (χ0) is 15.3. The van der Waals surface area contributed by atoms with Gasteiger partial charge in [0, 0.05) is 6.04 Å². The van der Waals surface area contributed by atoms with E-state index in [0.717, 1.165) is 12.1 Å². The Morgan fingerprint density at radius 2 is 1.95 bits per heavy atom. The number of sulfone groups is 1. The van der Waals surface area contributed by atoms with E-state index in [9.17, 15) is 17.6 Å². The summed E-state index contributed by atoms with van der Waals surface area (Å²) in [4.78, 5) is 11.4. The van der Waals surface area contributed by atoms with Gasteiger partial charge in [-0.2, -0.15) is 0 Å². The van der Waals surface area contributed by atoms with Crippen molar-refractivity contribution < 1.29 is 17.6 Å². The molecule has 1 aromatic rings. The second-order valence-electron chi connectivity index (χ2n) is 4.52. The van der Waals surface area contributed by atoms with Gasteiger partial charge in [0.15, 0.2) is 9.84 Å². The number of anilines is 1. The monoisotopic (exact) mass is 302 g/mol. The van der Waals surface area contributed by atoms with E-state index in [1.54, 1.807) is 0 Å². The average molecular weight is 302 g/mol. The highest BCUT2D eigenvalue weighted by atomic mass is 32.2. The maximum atomic E-state index is 13.1. The number of halogens is 1. The molecule has 0 spiro atoms. The van der Waals surface area contributed by atoms with Crippen molar-refractivity contribution in [1.29, 1.82) is 0 Å². The molecule has 0 aliphatic carbocycles. The molecule has 0 saturated carbocycles. The second-order valence-corrected chi connectivity index (χ2v) is 6.48. The Balaban J connectivity index is 2.90. The smallest absolute Gasteiger partial charge is 0.235 e. The van der Waals surface area contributed by atoms with Crippen LogP contribution in [0.1, 0.15) is 26.7 Å². The summed E-state index contributed by atoms with van der Waals surface area (Å²) in [6.45, 7) is 3.79. The van der Waals surface area contributed by atoms with E-state index in [4.69, 9.17) is 5.73 Å². The zero-order valence-corrected chi connectivity index (χ0v) is 12.3. The molecule has 5 nitrogen and oxygen atoms in total. The van der Waals surface area contributed by atoms with Crippen LogP contribution in [0.2, 0.25) is 0 Å². The van der Waals surface area contributed by atoms with Gasteiger partial charge in [-0.3, -0.25) is 4.79 Å². The van der Waals surface area contributed by atoms with E-state index in [1.807, 2.05) is 13.8 Å². The number of nitrogen functional groups attached to an aromatic ring is 1. The highest BCUT2D eigenvalue weighted by Gasteiger charge is 2.23. The molecule has 0 aliphatic rings. The van der Waals surface area contributed by atoms with E-state index in [1.165, 1.54) is 6.07 Å². The Hall–Kier alpha value is -1.63. The maximum absolute atomic E-state index is 13.1. The van der Waals surface area contributed by atoms with E-state index in [0.29, 0.717) is 12.8 Å². The molecule has 0 heterocycles. The number of benzene rings is 1. The lowest BCUT2D eigenvalue weighted by atomic mass is 10.2. The van der Waals surface area contributed by atoms with Crippen molar-refractivity contribution in [3.8, 4) is 0 Å². The van der Waals surface area contributed by atoms with Gasteiger partial charge in [0.05, 0.1) is 10.6 Å². The van der Waals surface area contributed by atoms with Gasteiger partial charge < -0.3 is 11.1 Å². The minimum Gasteiger partial charge on any atom is -0.398 e. The maximum Gasteiger partial charge on any atom is 0.235 e. The van der Waals surface area contributed by atoms with Crippen molar-refractivity contribution in [2.75, 3.05) is 11.5 Å². The van der Waals surface area contributed by atoms with Gasteiger partial charge in [-0.25, -0.2) is 12.8 Å². The van der Waals surface area contributed by atoms with Crippen LogP contribution in [0.3, 0.4) is 0 Å². The zero-order valence-electron chi connectivity index (χ0n) is 11.5. The quantitative estimate of drug-likeness (QED) is 0.779. The lowest BCUT2D eigenvalue weighted by molar-refractivity contribution is -0.119. The molecular formula is C13H19FN2O3S. The number of amides is 1. The summed E-state index contributed by atoms with van der Waals surface area (Å²) in [5.41, 5.74) is 5.46. The molecule has 0 saturated heterocycles. The SMILES string of the molecule is CCC(CC)NC(=O)CS(=O)(=O)c1cc(F)ccc1N. The molecule has 7 heteroatoms. The number of hydrogen-bond acceptors (Lipinski definition) is 4. The van der Waals surface area contributed by atoms with Crippen molar-refractivity contribution in [3.05, 3.63) is 24.0 Å². The first-order chi connectivity index (χ1) is 9.30. The first kappa shape index (κ1) is 16.4. The van der Waals surface area contributed by atoms with Gasteiger partial charge in [-0.1, -0.05) is 13.8 Å². The minimum absolute atomic E-state index is 0.0671. The fraction of sp³-hybridized carbons (Fsp3) is 0.462. The third kappa shape index (κ3) is 4.19. The van der Waals surface area contributed by atoms with Gasteiger partial charge in [0.2, 0.25) is 5.91 Å². The Morgan fingerprint density at radius 3 is 2.50 bits per heavy atom. The molecule has 3 N–H and O–H groups in total. The molecule has 0 unspecified atom stereocenters. The summed E-state index contributed by atoms with van der Waals surface area (Å²) in [5, 5.41) is 2.62. The summed E-state index contributed by atoms with van der Waals surface area (Å²) >= 11 is 0. The molecular weight excluding hydrogens is 283 g/mol. The first-order valence-corrected chi connectivity index (χ1v) is 8.02.